The lowest BCUT2D eigenvalue weighted by Gasteiger charge is -2.28. The molecule has 2 aromatic rings. The molecule has 36 heavy (non-hydrogen) atoms. The molecule has 2 aliphatic rings. The zero-order valence-electron chi connectivity index (χ0n) is 17.5. The molecule has 0 N–H and O–H groups in total. The van der Waals surface area contributed by atoms with Gasteiger partial charge >= 0.3 is 11.9 Å². The highest BCUT2D eigenvalue weighted by molar-refractivity contribution is 14.1. The van der Waals surface area contributed by atoms with Crippen LogP contribution in [0.2, 0.25) is 0 Å². The van der Waals surface area contributed by atoms with Crippen molar-refractivity contribution in [1.29, 1.82) is 0 Å². The Hall–Kier alpha value is -0.800. The summed E-state index contributed by atoms with van der Waals surface area (Å²) in [6.07, 6.45) is 0.452. The van der Waals surface area contributed by atoms with Crippen molar-refractivity contribution in [3.63, 3.8) is 0 Å². The maximum absolute atomic E-state index is 14.3. The van der Waals surface area contributed by atoms with Crippen LogP contribution in [0.5, 0.6) is 5.75 Å². The molecule has 2 fully saturated rings. The fourth-order valence-electron chi connectivity index (χ4n) is 4.67. The van der Waals surface area contributed by atoms with Crippen LogP contribution >= 0.6 is 67.8 Å². The van der Waals surface area contributed by atoms with Gasteiger partial charge in [-0.25, -0.2) is 22.0 Å². The smallest absolute Gasteiger partial charge is 0.339 e. The molecule has 4 atom stereocenters. The summed E-state index contributed by atoms with van der Waals surface area (Å²) in [6.45, 7) is 0. The van der Waals surface area contributed by atoms with Gasteiger partial charge in [0, 0.05) is 16.6 Å². The molecule has 15 heteroatoms. The summed E-state index contributed by atoms with van der Waals surface area (Å²) in [5, 5.41) is 0. The van der Waals surface area contributed by atoms with Gasteiger partial charge in [-0.2, -0.15) is 8.78 Å². The van der Waals surface area contributed by atoms with Crippen molar-refractivity contribution >= 4 is 89.8 Å². The molecule has 0 aromatic heterocycles. The normalized spacial score (nSPS) is 23.1. The lowest BCUT2D eigenvalue weighted by Crippen LogP contribution is -2.36. The molecule has 0 saturated heterocycles. The van der Waals surface area contributed by atoms with Gasteiger partial charge in [0.05, 0.1) is 11.5 Å². The maximum atomic E-state index is 14.3. The third-order valence-electron chi connectivity index (χ3n) is 6.16. The number of carbonyl (C=O) groups is 2. The average Bonchev–Trinajstić information content (AvgIpc) is 3.37. The second-order valence-corrected chi connectivity index (χ2v) is 13.1. The van der Waals surface area contributed by atoms with Gasteiger partial charge in [-0.1, -0.05) is 0 Å². The molecule has 2 aliphatic carbocycles. The minimum atomic E-state index is -5.90. The van der Waals surface area contributed by atoms with Crippen molar-refractivity contribution in [3.05, 3.63) is 51.7 Å². The third-order valence-corrected chi connectivity index (χ3v) is 10.7. The van der Waals surface area contributed by atoms with E-state index < -0.39 is 73.9 Å². The first-order valence-electron chi connectivity index (χ1n) is 10.1. The molecule has 2 aromatic carbocycles. The van der Waals surface area contributed by atoms with Gasteiger partial charge < -0.3 is 14.0 Å². The quantitative estimate of drug-likeness (QED) is 0.102. The number of halogens is 7. The number of rotatable bonds is 5. The molecule has 0 radical (unpaired) electrons. The number of fused-ring (bicyclic) bond motifs is 2. The van der Waals surface area contributed by atoms with Gasteiger partial charge in [-0.05, 0) is 105 Å². The minimum absolute atomic E-state index is 0.0587. The van der Waals surface area contributed by atoms with E-state index in [2.05, 4.69) is 49.9 Å². The Morgan fingerprint density at radius 2 is 1.56 bits per heavy atom. The Kier molecular flexibility index (Phi) is 8.15. The van der Waals surface area contributed by atoms with E-state index >= 15 is 0 Å². The average molecular weight is 865 g/mol. The molecule has 0 spiro atoms. The van der Waals surface area contributed by atoms with Crippen LogP contribution in [-0.4, -0.2) is 31.0 Å². The number of benzene rings is 2. The van der Waals surface area contributed by atoms with Crippen LogP contribution in [0, 0.1) is 51.7 Å². The van der Waals surface area contributed by atoms with Crippen molar-refractivity contribution in [2.24, 2.45) is 17.8 Å². The van der Waals surface area contributed by atoms with E-state index in [9.17, 15) is 40.1 Å². The van der Waals surface area contributed by atoms with Gasteiger partial charge in [-0.3, -0.25) is 4.79 Å². The molecular weight excluding hydrogens is 853 g/mol. The molecule has 0 amide bonds. The predicted molar refractivity (Wildman–Crippen MR) is 138 cm³/mol. The van der Waals surface area contributed by atoms with Crippen LogP contribution in [0.15, 0.2) is 17.0 Å². The largest absolute Gasteiger partial charge is 0.744 e. The van der Waals surface area contributed by atoms with Crippen LogP contribution in [-0.2, 0) is 19.6 Å². The molecule has 2 bridgehead atoms. The number of esters is 2. The Bertz CT molecular complexity index is 1370. The Labute approximate surface area is 242 Å². The van der Waals surface area contributed by atoms with Crippen LogP contribution in [0.1, 0.15) is 29.6 Å². The van der Waals surface area contributed by atoms with Gasteiger partial charge in [0.2, 0.25) is 17.4 Å². The van der Waals surface area contributed by atoms with E-state index in [1.165, 1.54) is 0 Å². The second kappa shape index (κ2) is 10.4. The standard InChI is InChI=1S/C21H13F4I3O7S/c22-13-15(24)19(36(31,32)33)16(25)14(23)18(13)35-20(29)9-2-6-1-8(9)12(3-6)34-21(30)10-4-7(26)5-11(27)17(10)28/h4-6,8-9,12H,1-3H2,(H,31,32,33)/p-1. The van der Waals surface area contributed by atoms with Gasteiger partial charge in [0.1, 0.15) is 21.1 Å². The Morgan fingerprint density at radius 1 is 0.944 bits per heavy atom. The SMILES string of the molecule is O=C(OC1CC2CC(C(=O)Oc3c(F)c(F)c(S(=O)(=O)[O-])c(F)c3F)C1C2)c1cc(I)cc(I)c1I. The fraction of sp³-hybridized carbons (Fsp3) is 0.333. The van der Waals surface area contributed by atoms with E-state index in [0.717, 1.165) is 7.14 Å². The first-order valence-corrected chi connectivity index (χ1v) is 14.7. The van der Waals surface area contributed by atoms with E-state index in [1.54, 1.807) is 6.07 Å². The number of hydrogen-bond donors (Lipinski definition) is 0. The van der Waals surface area contributed by atoms with Crippen molar-refractivity contribution in [1.82, 2.24) is 0 Å². The Morgan fingerprint density at radius 3 is 2.11 bits per heavy atom. The second-order valence-electron chi connectivity index (χ2n) is 8.33. The minimum Gasteiger partial charge on any atom is -0.744 e. The Balaban J connectivity index is 1.54. The van der Waals surface area contributed by atoms with Gasteiger partial charge in [-0.15, -0.1) is 0 Å². The van der Waals surface area contributed by atoms with Crippen molar-refractivity contribution < 1.29 is 49.6 Å². The molecule has 7 nitrogen and oxygen atoms in total. The van der Waals surface area contributed by atoms with Crippen LogP contribution in [0.25, 0.3) is 0 Å². The first kappa shape index (κ1) is 28.2. The molecule has 2 saturated carbocycles. The van der Waals surface area contributed by atoms with Crippen LogP contribution < -0.4 is 4.74 Å². The molecule has 4 rings (SSSR count). The molecule has 4 unspecified atom stereocenters. The highest BCUT2D eigenvalue weighted by Gasteiger charge is 2.52. The number of carbonyl (C=O) groups excluding carboxylic acids is 2. The van der Waals surface area contributed by atoms with Gasteiger partial charge in [0.15, 0.2) is 11.6 Å². The molecular formula is C21H12F4I3O7S-. The zero-order chi connectivity index (χ0) is 26.7. The fourth-order valence-corrected chi connectivity index (χ4v) is 7.67. The third kappa shape index (κ3) is 5.22. The summed E-state index contributed by atoms with van der Waals surface area (Å²) >= 11 is 6.16. The lowest BCUT2D eigenvalue weighted by molar-refractivity contribution is -0.143. The summed E-state index contributed by atoms with van der Waals surface area (Å²) in [7, 11) is -5.90. The monoisotopic (exact) mass is 865 g/mol. The van der Waals surface area contributed by atoms with Crippen molar-refractivity contribution in [3.8, 4) is 5.75 Å². The summed E-state index contributed by atoms with van der Waals surface area (Å²) < 4.78 is 102. The molecule has 194 valence electrons. The number of hydrogen-bond acceptors (Lipinski definition) is 7. The van der Waals surface area contributed by atoms with Crippen LogP contribution in [0.4, 0.5) is 17.6 Å². The zero-order valence-corrected chi connectivity index (χ0v) is 24.8. The summed E-state index contributed by atoms with van der Waals surface area (Å²) in [5.74, 6) is -14.9. The van der Waals surface area contributed by atoms with E-state index in [4.69, 9.17) is 4.74 Å². The van der Waals surface area contributed by atoms with E-state index in [-0.39, 0.29) is 12.3 Å². The maximum Gasteiger partial charge on any atom is 0.339 e. The number of ether oxygens (including phenoxy) is 2. The van der Waals surface area contributed by atoms with Crippen LogP contribution in [0.3, 0.4) is 0 Å². The van der Waals surface area contributed by atoms with Gasteiger partial charge in [0.25, 0.3) is 0 Å². The van der Waals surface area contributed by atoms with E-state index in [0.29, 0.717) is 22.0 Å². The topological polar surface area (TPSA) is 110 Å². The first-order chi connectivity index (χ1) is 16.7. The summed E-state index contributed by atoms with van der Waals surface area (Å²) in [5.41, 5.74) is 0.345. The molecule has 0 aliphatic heterocycles. The lowest BCUT2D eigenvalue weighted by atomic mass is 9.86. The molecule has 0 heterocycles. The van der Waals surface area contributed by atoms with Crippen molar-refractivity contribution in [2.45, 2.75) is 30.3 Å². The van der Waals surface area contributed by atoms with E-state index in [1.807, 2.05) is 28.7 Å². The summed E-state index contributed by atoms with van der Waals surface area (Å²) in [4.78, 5) is 23.2. The highest BCUT2D eigenvalue weighted by atomic mass is 127. The predicted octanol–water partition coefficient (Wildman–Crippen LogP) is 5.14. The van der Waals surface area contributed by atoms with Crippen molar-refractivity contribution in [2.75, 3.05) is 0 Å². The highest BCUT2D eigenvalue weighted by Crippen LogP contribution is 2.50. The summed E-state index contributed by atoms with van der Waals surface area (Å²) in [6, 6.07) is 3.54.